The minimum absolute atomic E-state index is 0.00277. The third-order valence-electron chi connectivity index (χ3n) is 21.9. The number of carbonyl (C=O) groups excluding carboxylic acids is 4. The van der Waals surface area contributed by atoms with E-state index >= 15 is 14.4 Å². The zero-order valence-corrected chi connectivity index (χ0v) is 70.3. The molecule has 0 spiro atoms. The highest BCUT2D eigenvalue weighted by atomic mass is 28.4. The van der Waals surface area contributed by atoms with Crippen molar-refractivity contribution in [2.45, 2.75) is 119 Å². The quantitative estimate of drug-likeness (QED) is 0.0120. The van der Waals surface area contributed by atoms with Crippen LogP contribution in [0, 0.1) is 33.5 Å². The van der Waals surface area contributed by atoms with E-state index in [0.717, 1.165) is 41.5 Å². The number of esters is 4. The fourth-order valence-electron chi connectivity index (χ4n) is 16.3. The largest absolute Gasteiger partial charge is 0.463 e. The van der Waals surface area contributed by atoms with Crippen molar-refractivity contribution in [3.8, 4) is 0 Å². The molecule has 8 aromatic carbocycles. The van der Waals surface area contributed by atoms with Crippen molar-refractivity contribution in [2.24, 2.45) is 33.5 Å². The number of hydrogen-bond acceptors (Lipinski definition) is 16. The lowest BCUT2D eigenvalue weighted by Crippen LogP contribution is -2.64. The molecule has 0 N–H and O–H groups in total. The molecule has 2 saturated heterocycles. The predicted octanol–water partition coefficient (Wildman–Crippen LogP) is 12.7. The first-order valence-electron chi connectivity index (χ1n) is 39.8. The number of ether oxygens (including phenoxy) is 4. The van der Waals surface area contributed by atoms with E-state index in [2.05, 4.69) is 20.1 Å². The van der Waals surface area contributed by atoms with E-state index < -0.39 is 79.7 Å². The van der Waals surface area contributed by atoms with Crippen LogP contribution in [0.1, 0.15) is 119 Å². The highest BCUT2D eigenvalue weighted by Gasteiger charge is 2.53. The van der Waals surface area contributed by atoms with Crippen LogP contribution in [0.2, 0.25) is 0 Å². The summed E-state index contributed by atoms with van der Waals surface area (Å²) in [6.07, 6.45) is 7.91. The highest BCUT2D eigenvalue weighted by Crippen LogP contribution is 2.49. The molecular formula is C92H114O16Si4. The number of benzene rings is 8. The van der Waals surface area contributed by atoms with Crippen LogP contribution in [0.15, 0.2) is 268 Å². The van der Waals surface area contributed by atoms with Gasteiger partial charge >= 0.3 is 58.1 Å². The molecule has 2 fully saturated rings. The Hall–Kier alpha value is -8.33. The number of carbonyl (C=O) groups is 4. The predicted molar refractivity (Wildman–Crippen MR) is 450 cm³/mol. The summed E-state index contributed by atoms with van der Waals surface area (Å²) in [5, 5.41) is 7.08. The highest BCUT2D eigenvalue weighted by molar-refractivity contribution is 6.94. The third-order valence-corrected chi connectivity index (χ3v) is 35.6. The van der Waals surface area contributed by atoms with Crippen molar-refractivity contribution in [1.29, 1.82) is 0 Å². The number of cyclic esters (lactones) is 2. The molecule has 16 nitrogen and oxygen atoms in total. The zero-order valence-electron chi connectivity index (χ0n) is 66.3. The monoisotopic (exact) mass is 1590 g/mol. The molecule has 594 valence electrons. The average molecular weight is 1590 g/mol. The van der Waals surface area contributed by atoms with Crippen LogP contribution in [-0.2, 0) is 73.5 Å². The van der Waals surface area contributed by atoms with Gasteiger partial charge < -0.3 is 54.4 Å². The van der Waals surface area contributed by atoms with Crippen LogP contribution in [0.3, 0.4) is 0 Å². The minimum Gasteiger partial charge on any atom is -0.463 e. The van der Waals surface area contributed by atoms with Crippen molar-refractivity contribution in [3.05, 3.63) is 268 Å². The zero-order chi connectivity index (χ0) is 79.2. The molecule has 0 amide bonds. The Bertz CT molecular complexity index is 4040. The van der Waals surface area contributed by atoms with Gasteiger partial charge in [-0.1, -0.05) is 275 Å². The van der Waals surface area contributed by atoms with E-state index in [4.69, 9.17) is 54.4 Å². The van der Waals surface area contributed by atoms with Gasteiger partial charge in [-0.25, -0.2) is 0 Å². The molecule has 0 radical (unpaired) electrons. The Kier molecular flexibility index (Phi) is 32.0. The van der Waals surface area contributed by atoms with E-state index in [9.17, 15) is 4.79 Å². The molecule has 2 aliphatic rings. The second kappa shape index (κ2) is 41.6. The molecule has 6 atom stereocenters. The maximum atomic E-state index is 16.3. The van der Waals surface area contributed by atoms with E-state index in [1.807, 2.05) is 289 Å². The molecule has 10 rings (SSSR count). The standard InChI is InChI=1S/C92H114O16Si4/c1-9-13-58-101-109(77-39-23-15-24-40-77,78-41-25-16-26-42-78)105-66-62-97-85(93)89(5,12-4)74-92(8,88(96)100-65-69-106-110(102-59-14-10-2,79-43-27-17-28-44-79)80-45-29-18-30-46-80)73-76-56-61-104-112(83-51-35-21-36-52-83,84-53-37-22-38-54-84)108-68-64-99-87(95)91(7,72-76)71-75-55-60-103-111(81-47-31-19-32-48-81,82-49-33-20-34-50-82)107-67-63-98-86(94)90(6,70-75)57-11-3/h9-10,15-54,75-76H,1-2,11-14,55-74H2,3-8H3. The van der Waals surface area contributed by atoms with Gasteiger partial charge in [0.25, 0.3) is 0 Å². The lowest BCUT2D eigenvalue weighted by Gasteiger charge is -2.42. The van der Waals surface area contributed by atoms with E-state index in [-0.39, 0.29) is 110 Å². The maximum Gasteiger partial charge on any atom is 0.407 e. The second-order valence-corrected chi connectivity index (χ2v) is 42.4. The first-order valence-corrected chi connectivity index (χ1v) is 47.1. The van der Waals surface area contributed by atoms with Crippen LogP contribution < -0.4 is 41.5 Å². The molecule has 0 bridgehead atoms. The van der Waals surface area contributed by atoms with Crippen molar-refractivity contribution in [3.63, 3.8) is 0 Å². The molecule has 6 unspecified atom stereocenters. The molecule has 8 aromatic rings. The van der Waals surface area contributed by atoms with Crippen molar-refractivity contribution in [1.82, 2.24) is 0 Å². The Morgan fingerprint density at radius 3 is 1.12 bits per heavy atom. The van der Waals surface area contributed by atoms with Crippen LogP contribution in [0.4, 0.5) is 0 Å². The summed E-state index contributed by atoms with van der Waals surface area (Å²) in [6.45, 7) is 20.4. The fraction of sp³-hybridized carbons (Fsp3) is 0.391. The topological polar surface area (TPSA) is 179 Å². The Labute approximate surface area is 668 Å². The molecule has 0 aromatic heterocycles. The fourth-order valence-corrected chi connectivity index (χ4v) is 28.8. The number of hydrogen-bond donors (Lipinski definition) is 0. The Morgan fingerprint density at radius 2 is 0.759 bits per heavy atom. The summed E-state index contributed by atoms with van der Waals surface area (Å²) in [4.78, 5) is 62.7. The van der Waals surface area contributed by atoms with Gasteiger partial charge in [-0.05, 0) is 152 Å². The van der Waals surface area contributed by atoms with Crippen LogP contribution in [0.25, 0.3) is 0 Å². The van der Waals surface area contributed by atoms with Crippen LogP contribution in [-0.4, -0.2) is 137 Å². The molecule has 2 heterocycles. The van der Waals surface area contributed by atoms with Gasteiger partial charge in [0.1, 0.15) is 26.4 Å². The second-order valence-electron chi connectivity index (χ2n) is 30.5. The van der Waals surface area contributed by atoms with Gasteiger partial charge in [0.15, 0.2) is 0 Å². The summed E-state index contributed by atoms with van der Waals surface area (Å²) in [5.74, 6) is -2.76. The molecular weight excluding hydrogens is 1470 g/mol. The molecule has 112 heavy (non-hydrogen) atoms. The van der Waals surface area contributed by atoms with Gasteiger partial charge in [0, 0.05) is 26.4 Å². The normalized spacial score (nSPS) is 20.5. The van der Waals surface area contributed by atoms with E-state index in [1.165, 1.54) is 0 Å². The summed E-state index contributed by atoms with van der Waals surface area (Å²) in [5.41, 5.74) is -5.06. The summed E-state index contributed by atoms with van der Waals surface area (Å²) in [7, 11) is -14.0. The maximum absolute atomic E-state index is 16.3. The SMILES string of the molecule is C=CCCO[Si](OCCOC(=O)C(C)(CC)CC(C)(CC1CCO[Si](c2ccccc2)(c2ccccc2)OCCOC(=O)C(C)(CC2CCO[Si](c3ccccc3)(c3ccccc3)OCCOC(=O)C(C)(CCC)C2)C1)C(=O)OCCO[Si](OCCC=C)(c1ccccc1)c1ccccc1)(c1ccccc1)c1ccccc1. The van der Waals surface area contributed by atoms with Crippen LogP contribution >= 0.6 is 0 Å². The van der Waals surface area contributed by atoms with Gasteiger partial charge in [0.2, 0.25) is 0 Å². The molecule has 0 saturated carbocycles. The van der Waals surface area contributed by atoms with Crippen molar-refractivity contribution >= 4 is 99.6 Å². The van der Waals surface area contributed by atoms with Crippen molar-refractivity contribution in [2.75, 3.05) is 79.3 Å². The van der Waals surface area contributed by atoms with E-state index in [0.29, 0.717) is 58.2 Å². The van der Waals surface area contributed by atoms with Gasteiger partial charge in [0.05, 0.1) is 48.1 Å². The molecule has 2 aliphatic heterocycles. The Balaban J connectivity index is 1.04. The first kappa shape index (κ1) is 86.1. The minimum atomic E-state index is -3.62. The Morgan fingerprint density at radius 1 is 0.438 bits per heavy atom. The van der Waals surface area contributed by atoms with Gasteiger partial charge in [-0.2, -0.15) is 0 Å². The van der Waals surface area contributed by atoms with Crippen LogP contribution in [0.5, 0.6) is 0 Å². The van der Waals surface area contributed by atoms with Gasteiger partial charge in [-0.3, -0.25) is 19.2 Å². The third kappa shape index (κ3) is 21.5. The molecule has 20 heteroatoms. The lowest BCUT2D eigenvalue weighted by molar-refractivity contribution is -0.166. The van der Waals surface area contributed by atoms with Gasteiger partial charge in [-0.15, -0.1) is 13.2 Å². The lowest BCUT2D eigenvalue weighted by atomic mass is 9.64. The smallest absolute Gasteiger partial charge is 0.407 e. The average Bonchev–Trinajstić information content (AvgIpc) is 0.794. The van der Waals surface area contributed by atoms with E-state index in [1.54, 1.807) is 0 Å². The first-order chi connectivity index (χ1) is 54.4. The number of rotatable bonds is 35. The summed E-state index contributed by atoms with van der Waals surface area (Å²) >= 11 is 0. The molecule has 0 aliphatic carbocycles. The summed E-state index contributed by atoms with van der Waals surface area (Å²) < 4.78 is 82.7. The van der Waals surface area contributed by atoms with Crippen molar-refractivity contribution < 1.29 is 73.5 Å². The summed E-state index contributed by atoms with van der Waals surface area (Å²) in [6, 6.07) is 79.5.